The van der Waals surface area contributed by atoms with Crippen LogP contribution in [0.25, 0.3) is 0 Å². The Labute approximate surface area is 147 Å². The number of anilines is 1. The minimum Gasteiger partial charge on any atom is -0.872 e. The molecule has 1 aliphatic rings. The van der Waals surface area contributed by atoms with Gasteiger partial charge in [0.25, 0.3) is 5.69 Å². The van der Waals surface area contributed by atoms with Crippen molar-refractivity contribution >= 4 is 29.4 Å². The van der Waals surface area contributed by atoms with Gasteiger partial charge < -0.3 is 15.1 Å². The number of hydrogen-bond acceptors (Lipinski definition) is 8. The van der Waals surface area contributed by atoms with Crippen LogP contribution in [0, 0.1) is 10.1 Å². The van der Waals surface area contributed by atoms with Gasteiger partial charge in [-0.05, 0) is 23.4 Å². The van der Waals surface area contributed by atoms with Crippen LogP contribution in [0.2, 0.25) is 0 Å². The molecule has 0 saturated heterocycles. The van der Waals surface area contributed by atoms with Crippen molar-refractivity contribution < 1.29 is 15.1 Å². The Morgan fingerprint density at radius 1 is 1.24 bits per heavy atom. The molecule has 25 heavy (non-hydrogen) atoms. The predicted octanol–water partition coefficient (Wildman–Crippen LogP) is 1.71. The lowest BCUT2D eigenvalue weighted by molar-refractivity contribution is -0.398. The van der Waals surface area contributed by atoms with E-state index >= 15 is 0 Å². The van der Waals surface area contributed by atoms with Crippen molar-refractivity contribution in [2.24, 2.45) is 5.10 Å². The third-order valence-corrected chi connectivity index (χ3v) is 4.69. The molecule has 0 fully saturated rings. The summed E-state index contributed by atoms with van der Waals surface area (Å²) in [6, 6.07) is 9.53. The number of nitro groups is 1. The molecule has 0 unspecified atom stereocenters. The van der Waals surface area contributed by atoms with Crippen LogP contribution in [0.3, 0.4) is 0 Å². The van der Waals surface area contributed by atoms with Crippen LogP contribution in [-0.4, -0.2) is 18.2 Å². The zero-order valence-electron chi connectivity index (χ0n) is 13.0. The molecule has 8 nitrogen and oxygen atoms in total. The Morgan fingerprint density at radius 2 is 2.00 bits per heavy atom. The van der Waals surface area contributed by atoms with Gasteiger partial charge in [0, 0.05) is 18.0 Å². The topological polar surface area (TPSA) is 117 Å². The first kappa shape index (κ1) is 16.7. The number of nitro benzene ring substituents is 1. The van der Waals surface area contributed by atoms with Gasteiger partial charge in [-0.25, -0.2) is 0 Å². The number of benzene rings is 2. The highest BCUT2D eigenvalue weighted by molar-refractivity contribution is 8.03. The van der Waals surface area contributed by atoms with Crippen molar-refractivity contribution in [1.29, 1.82) is 0 Å². The predicted molar refractivity (Wildman–Crippen MR) is 91.5 cm³/mol. The lowest BCUT2D eigenvalue weighted by atomic mass is 10.2. The molecule has 1 aliphatic heterocycles. The normalized spacial score (nSPS) is 14.9. The highest BCUT2D eigenvalue weighted by Gasteiger charge is 2.20. The van der Waals surface area contributed by atoms with Crippen molar-refractivity contribution in [3.05, 3.63) is 63.3 Å². The Morgan fingerprint density at radius 3 is 2.72 bits per heavy atom. The summed E-state index contributed by atoms with van der Waals surface area (Å²) in [4.78, 5) is 13.0. The van der Waals surface area contributed by atoms with Gasteiger partial charge in [-0.2, -0.15) is 5.10 Å². The molecule has 1 heterocycles. The van der Waals surface area contributed by atoms with E-state index in [1.807, 2.05) is 36.2 Å². The summed E-state index contributed by atoms with van der Waals surface area (Å²) in [6.45, 7) is 0. The molecule has 0 bridgehead atoms. The Balaban J connectivity index is 1.73. The summed E-state index contributed by atoms with van der Waals surface area (Å²) in [5, 5.41) is 38.6. The molecule has 1 N–H and O–H groups in total. The van der Waals surface area contributed by atoms with Crippen molar-refractivity contribution in [2.45, 2.75) is 4.90 Å². The summed E-state index contributed by atoms with van der Waals surface area (Å²) >= 11 is 1.56. The number of hydrazone groups is 1. The Bertz CT molecular complexity index is 898. The monoisotopic (exact) mass is 356 g/mol. The first-order chi connectivity index (χ1) is 12.0. The standard InChI is InChI=1S/C16H14N4O4S/c1-19-11-4-2-3-5-15(11)25-16(19)9-18-17-8-10-6-12(20(23)24)14(22)7-13(10)21/h2-9,18,21-22H,1H3/p-2/b16-9-,17-8-. The molecule has 2 aromatic carbocycles. The second-order valence-electron chi connectivity index (χ2n) is 5.11. The van der Waals surface area contributed by atoms with E-state index in [2.05, 4.69) is 10.5 Å². The summed E-state index contributed by atoms with van der Waals surface area (Å²) in [5.74, 6) is -1.53. The Hall–Kier alpha value is -3.20. The van der Waals surface area contributed by atoms with Crippen LogP contribution in [0.5, 0.6) is 11.5 Å². The lowest BCUT2D eigenvalue weighted by Gasteiger charge is -2.15. The average Bonchev–Trinajstić information content (AvgIpc) is 2.89. The minimum atomic E-state index is -0.913. The van der Waals surface area contributed by atoms with E-state index < -0.39 is 22.1 Å². The molecule has 0 radical (unpaired) electrons. The van der Waals surface area contributed by atoms with Crippen LogP contribution in [0.15, 0.2) is 57.6 Å². The van der Waals surface area contributed by atoms with Crippen molar-refractivity contribution in [3.63, 3.8) is 0 Å². The van der Waals surface area contributed by atoms with E-state index in [9.17, 15) is 20.3 Å². The maximum Gasteiger partial charge on any atom is 0.262 e. The van der Waals surface area contributed by atoms with Gasteiger partial charge in [0.15, 0.2) is 0 Å². The van der Waals surface area contributed by atoms with Crippen LogP contribution in [0.1, 0.15) is 5.56 Å². The fourth-order valence-electron chi connectivity index (χ4n) is 2.26. The molecule has 0 amide bonds. The molecular weight excluding hydrogens is 344 g/mol. The van der Waals surface area contributed by atoms with Crippen LogP contribution in [0.4, 0.5) is 11.4 Å². The average molecular weight is 356 g/mol. The smallest absolute Gasteiger partial charge is 0.262 e. The fraction of sp³-hybridized carbons (Fsp3) is 0.0625. The molecule has 3 rings (SSSR count). The SMILES string of the molecule is CN1/C(=C/N/N=C\c2cc([N+](=O)[O-])c([O-])cc2[O-])Sc2ccccc21. The van der Waals surface area contributed by atoms with Crippen molar-refractivity contribution in [2.75, 3.05) is 11.9 Å². The molecule has 0 aromatic heterocycles. The molecular formula is C16H12N4O4S-2. The second kappa shape index (κ2) is 6.73. The van der Waals surface area contributed by atoms with E-state index in [4.69, 9.17) is 0 Å². The molecule has 0 spiro atoms. The maximum absolute atomic E-state index is 11.7. The molecule has 9 heteroatoms. The van der Waals surface area contributed by atoms with E-state index in [0.29, 0.717) is 6.07 Å². The summed E-state index contributed by atoms with van der Waals surface area (Å²) in [6.07, 6.45) is 2.81. The highest BCUT2D eigenvalue weighted by atomic mass is 32.2. The maximum atomic E-state index is 11.7. The van der Waals surface area contributed by atoms with Gasteiger partial charge in [0.2, 0.25) is 0 Å². The zero-order chi connectivity index (χ0) is 18.0. The highest BCUT2D eigenvalue weighted by Crippen LogP contribution is 2.44. The number of thioether (sulfide) groups is 1. The van der Waals surface area contributed by atoms with Crippen LogP contribution in [-0.2, 0) is 0 Å². The number of para-hydroxylation sites is 1. The van der Waals surface area contributed by atoms with Gasteiger partial charge in [-0.1, -0.05) is 30.0 Å². The summed E-state index contributed by atoms with van der Waals surface area (Å²) < 4.78 is 0. The molecule has 2 aromatic rings. The van der Waals surface area contributed by atoms with E-state index in [1.165, 1.54) is 0 Å². The largest absolute Gasteiger partial charge is 0.872 e. The van der Waals surface area contributed by atoms with E-state index in [0.717, 1.165) is 27.9 Å². The lowest BCUT2D eigenvalue weighted by Crippen LogP contribution is -2.12. The zero-order valence-corrected chi connectivity index (χ0v) is 13.8. The summed E-state index contributed by atoms with van der Waals surface area (Å²) in [7, 11) is 1.92. The number of hydrogen-bond donors (Lipinski definition) is 1. The quantitative estimate of drug-likeness (QED) is 0.503. The van der Waals surface area contributed by atoms with Gasteiger partial charge in [-0.3, -0.25) is 15.5 Å². The van der Waals surface area contributed by atoms with Crippen LogP contribution >= 0.6 is 11.8 Å². The first-order valence-electron chi connectivity index (χ1n) is 7.13. The third kappa shape index (κ3) is 3.36. The minimum absolute atomic E-state index is 0.0343. The van der Waals surface area contributed by atoms with E-state index in [1.54, 1.807) is 18.0 Å². The molecule has 128 valence electrons. The number of rotatable bonds is 4. The number of nitrogens with one attached hydrogen (secondary N) is 1. The van der Waals surface area contributed by atoms with Gasteiger partial charge >= 0.3 is 0 Å². The van der Waals surface area contributed by atoms with E-state index in [-0.39, 0.29) is 5.56 Å². The summed E-state index contributed by atoms with van der Waals surface area (Å²) in [5.41, 5.74) is 3.08. The van der Waals surface area contributed by atoms with Gasteiger partial charge in [-0.15, -0.1) is 5.75 Å². The van der Waals surface area contributed by atoms with Gasteiger partial charge in [0.05, 0.1) is 28.1 Å². The number of fused-ring (bicyclic) bond motifs is 1. The van der Waals surface area contributed by atoms with Crippen molar-refractivity contribution in [1.82, 2.24) is 5.43 Å². The number of nitrogens with zero attached hydrogens (tertiary/aromatic N) is 3. The first-order valence-corrected chi connectivity index (χ1v) is 7.95. The second-order valence-corrected chi connectivity index (χ2v) is 6.18. The van der Waals surface area contributed by atoms with Crippen molar-refractivity contribution in [3.8, 4) is 11.5 Å². The van der Waals surface area contributed by atoms with Gasteiger partial charge in [0.1, 0.15) is 0 Å². The molecule has 0 atom stereocenters. The molecule has 0 saturated carbocycles. The van der Waals surface area contributed by atoms with Crippen LogP contribution < -0.4 is 20.5 Å². The fourth-order valence-corrected chi connectivity index (χ4v) is 3.28. The molecule has 0 aliphatic carbocycles. The third-order valence-electron chi connectivity index (χ3n) is 3.53. The Kier molecular flexibility index (Phi) is 4.48.